The third kappa shape index (κ3) is 13.2. The van der Waals surface area contributed by atoms with E-state index in [1.54, 1.807) is 22.3 Å². The highest BCUT2D eigenvalue weighted by atomic mass is 35.5. The summed E-state index contributed by atoms with van der Waals surface area (Å²) in [6.45, 7) is 18.1. The van der Waals surface area contributed by atoms with Crippen LogP contribution in [0.1, 0.15) is 76.2 Å². The predicted octanol–water partition coefficient (Wildman–Crippen LogP) is 8.58. The summed E-state index contributed by atoms with van der Waals surface area (Å²) in [6.07, 6.45) is 2.08. The van der Waals surface area contributed by atoms with E-state index in [2.05, 4.69) is 38.1 Å². The average molecular weight is 1140 g/mol. The van der Waals surface area contributed by atoms with Crippen molar-refractivity contribution in [1.82, 2.24) is 40.3 Å². The number of benzene rings is 4. The number of nitriles is 1. The van der Waals surface area contributed by atoms with Crippen LogP contribution in [0.2, 0.25) is 5.02 Å². The van der Waals surface area contributed by atoms with Gasteiger partial charge < -0.3 is 39.9 Å². The van der Waals surface area contributed by atoms with Gasteiger partial charge in [0.25, 0.3) is 0 Å². The van der Waals surface area contributed by atoms with E-state index in [-0.39, 0.29) is 91.6 Å². The summed E-state index contributed by atoms with van der Waals surface area (Å²) in [5.74, 6) is -1.63. The van der Waals surface area contributed by atoms with E-state index in [0.717, 1.165) is 64.0 Å². The van der Waals surface area contributed by atoms with Crippen LogP contribution in [-0.4, -0.2) is 148 Å². The molecule has 17 nitrogen and oxygen atoms in total. The summed E-state index contributed by atoms with van der Waals surface area (Å²) in [4.78, 5) is 76.5. The van der Waals surface area contributed by atoms with Crippen LogP contribution in [0.25, 0.3) is 43.2 Å². The Hall–Kier alpha value is -7.08. The number of aliphatic hydroxyl groups is 1. The molecule has 20 heteroatoms. The van der Waals surface area contributed by atoms with Gasteiger partial charge in [-0.1, -0.05) is 99.6 Å². The minimum atomic E-state index is -0.993. The zero-order valence-electron chi connectivity index (χ0n) is 46.7. The maximum Gasteiger partial charge on any atom is 0.319 e. The van der Waals surface area contributed by atoms with Crippen LogP contribution in [0.4, 0.5) is 10.2 Å². The van der Waals surface area contributed by atoms with Crippen LogP contribution in [-0.2, 0) is 23.9 Å². The van der Waals surface area contributed by atoms with Gasteiger partial charge in [0.1, 0.15) is 36.6 Å². The Labute approximate surface area is 481 Å². The monoisotopic (exact) mass is 1140 g/mol. The molecule has 2 aromatic heterocycles. The molecule has 6 aromatic rings. The van der Waals surface area contributed by atoms with Gasteiger partial charge >= 0.3 is 6.01 Å². The molecular weight excluding hydrogens is 1070 g/mol. The molecule has 0 bridgehead atoms. The fraction of sp³-hybridized carbons (Fsp3) is 0.443. The number of piperazine rings is 1. The van der Waals surface area contributed by atoms with Crippen LogP contribution < -0.4 is 20.3 Å². The van der Waals surface area contributed by atoms with Crippen molar-refractivity contribution in [3.63, 3.8) is 0 Å². The second-order valence-electron chi connectivity index (χ2n) is 22.5. The van der Waals surface area contributed by atoms with Gasteiger partial charge in [0.2, 0.25) is 23.6 Å². The van der Waals surface area contributed by atoms with Crippen LogP contribution in [0.15, 0.2) is 84.9 Å². The number of hydrogen-bond acceptors (Lipinski definition) is 14. The smallest absolute Gasteiger partial charge is 0.319 e. The summed E-state index contributed by atoms with van der Waals surface area (Å²) in [6, 6.07) is 20.6. The second-order valence-corrected chi connectivity index (χ2v) is 23.7. The van der Waals surface area contributed by atoms with Crippen LogP contribution in [0.3, 0.4) is 0 Å². The first-order valence-electron chi connectivity index (χ1n) is 27.6. The van der Waals surface area contributed by atoms with Crippen molar-refractivity contribution in [2.24, 2.45) is 11.3 Å². The molecular formula is C61H70ClFN10O7S. The number of fused-ring (bicyclic) bond motifs is 2. The Kier molecular flexibility index (Phi) is 18.3. The summed E-state index contributed by atoms with van der Waals surface area (Å²) < 4.78 is 29.5. The van der Waals surface area contributed by atoms with Gasteiger partial charge in [0.05, 0.1) is 58.4 Å². The van der Waals surface area contributed by atoms with E-state index in [0.29, 0.717) is 36.5 Å². The van der Waals surface area contributed by atoms with Crippen molar-refractivity contribution >= 4 is 74.1 Å². The molecule has 426 valence electrons. The van der Waals surface area contributed by atoms with Crippen molar-refractivity contribution in [2.45, 2.75) is 97.5 Å². The number of carbonyl (C=O) groups excluding carboxylic acids is 4. The lowest BCUT2D eigenvalue weighted by atomic mass is 9.85. The maximum absolute atomic E-state index is 17.3. The van der Waals surface area contributed by atoms with Gasteiger partial charge in [-0.25, -0.2) is 9.37 Å². The van der Waals surface area contributed by atoms with Crippen LogP contribution in [0, 0.1) is 42.3 Å². The molecule has 0 aliphatic carbocycles. The van der Waals surface area contributed by atoms with Crippen molar-refractivity contribution in [2.75, 3.05) is 70.5 Å². The molecule has 5 atom stereocenters. The number of halogens is 2. The van der Waals surface area contributed by atoms with Crippen molar-refractivity contribution < 1.29 is 38.1 Å². The Balaban J connectivity index is 0.795. The lowest BCUT2D eigenvalue weighted by molar-refractivity contribution is -0.144. The third-order valence-corrected chi connectivity index (χ3v) is 17.1. The van der Waals surface area contributed by atoms with E-state index in [1.807, 2.05) is 113 Å². The third-order valence-electron chi connectivity index (χ3n) is 15.8. The summed E-state index contributed by atoms with van der Waals surface area (Å²) in [5.41, 5.74) is 5.79. The number of aliphatic hydroxyl groups excluding tert-OH is 1. The zero-order chi connectivity index (χ0) is 57.7. The van der Waals surface area contributed by atoms with Crippen LogP contribution >= 0.6 is 22.9 Å². The van der Waals surface area contributed by atoms with Crippen LogP contribution in [0.5, 0.6) is 6.01 Å². The number of aryl methyl sites for hydroxylation is 2. The van der Waals surface area contributed by atoms with E-state index in [9.17, 15) is 29.5 Å². The number of rotatable bonds is 18. The van der Waals surface area contributed by atoms with Crippen molar-refractivity contribution in [3.05, 3.63) is 113 Å². The quantitative estimate of drug-likeness (QED) is 0.0691. The maximum atomic E-state index is 17.3. The minimum absolute atomic E-state index is 0.0219. The number of hydrogen-bond donors (Lipinski definition) is 3. The van der Waals surface area contributed by atoms with Gasteiger partial charge in [0.15, 0.2) is 5.82 Å². The molecule has 9 rings (SSSR count). The van der Waals surface area contributed by atoms with E-state index in [1.165, 1.54) is 11.0 Å². The number of carbonyl (C=O) groups is 4. The minimum Gasteiger partial charge on any atom is -0.462 e. The first-order valence-corrected chi connectivity index (χ1v) is 28.8. The number of aromatic nitrogens is 3. The van der Waals surface area contributed by atoms with Gasteiger partial charge in [-0.2, -0.15) is 15.2 Å². The number of likely N-dealkylation sites (tertiary alicyclic amines) is 2. The Morgan fingerprint density at radius 1 is 1.00 bits per heavy atom. The first-order chi connectivity index (χ1) is 38.8. The van der Waals surface area contributed by atoms with E-state index >= 15 is 4.39 Å². The highest BCUT2D eigenvalue weighted by Gasteiger charge is 2.45. The Morgan fingerprint density at radius 3 is 2.43 bits per heavy atom. The molecule has 0 radical (unpaired) electrons. The van der Waals surface area contributed by atoms with Gasteiger partial charge in [0, 0.05) is 50.1 Å². The molecule has 4 amide bonds. The molecule has 5 heterocycles. The Bertz CT molecular complexity index is 3350. The highest BCUT2D eigenvalue weighted by molar-refractivity contribution is 7.13. The number of nitrogens with one attached hydrogen (secondary N) is 2. The molecule has 3 fully saturated rings. The fourth-order valence-corrected chi connectivity index (χ4v) is 12.5. The molecule has 0 spiro atoms. The number of piperidine rings is 1. The van der Waals surface area contributed by atoms with Gasteiger partial charge in [-0.15, -0.1) is 11.3 Å². The number of amides is 4. The molecule has 3 aliphatic heterocycles. The molecule has 4 aromatic carbocycles. The van der Waals surface area contributed by atoms with Gasteiger partial charge in [-0.05, 0) is 103 Å². The lowest BCUT2D eigenvalue weighted by Gasteiger charge is -2.41. The summed E-state index contributed by atoms with van der Waals surface area (Å²) in [7, 11) is 0. The second kappa shape index (κ2) is 25.4. The van der Waals surface area contributed by atoms with E-state index in [4.69, 9.17) is 26.1 Å². The number of thiazole rings is 1. The topological polar surface area (TPSA) is 206 Å². The highest BCUT2D eigenvalue weighted by Crippen LogP contribution is 2.42. The van der Waals surface area contributed by atoms with Gasteiger partial charge in [-0.3, -0.25) is 24.1 Å². The van der Waals surface area contributed by atoms with E-state index < -0.39 is 47.3 Å². The normalized spacial score (nSPS) is 18.9. The number of ether oxygens (including phenoxy) is 2. The average Bonchev–Trinajstić information content (AvgIpc) is 4.12. The standard InChI is InChI=1S/C61H70ClFN10O7S/c1-8-50(76)72-26-25-71(31-43(72)19-22-64)57-46-30-47(62)52(45-14-10-13-41-12-9-11-36(2)51(41)45)53(63)54(46)68-60(69-57)80-28-27-70-23-20-39(21-24-70)33-79-34-49(75)67-56(61(5,6)7)59(78)73-32-44(74)29-48(73)58(77)66-37(3)40-15-17-42(18-16-40)55-38(4)65-35-81-55/h8-18,30,35,37,39,43-44,48,56,74H,1,19-21,23-29,31-34H2,2-7H3,(H,66,77)(H,67,75)/t37-,43-,44+,48-,56+/m0/s1. The number of anilines is 1. The molecule has 81 heavy (non-hydrogen) atoms. The first kappa shape index (κ1) is 58.6. The zero-order valence-corrected chi connectivity index (χ0v) is 48.3. The molecule has 3 N–H and O–H groups in total. The fourth-order valence-electron chi connectivity index (χ4n) is 11.4. The lowest BCUT2D eigenvalue weighted by Crippen LogP contribution is -2.58. The number of nitrogens with zero attached hydrogens (tertiary/aromatic N) is 8. The van der Waals surface area contributed by atoms with Crippen molar-refractivity contribution in [3.8, 4) is 33.6 Å². The molecule has 0 unspecified atom stereocenters. The molecule has 3 saturated heterocycles. The Morgan fingerprint density at radius 2 is 1.74 bits per heavy atom. The largest absolute Gasteiger partial charge is 0.462 e. The molecule has 3 aliphatic rings. The van der Waals surface area contributed by atoms with Crippen molar-refractivity contribution in [1.29, 1.82) is 5.26 Å². The SMILES string of the molecule is C=CC(=O)N1CCN(c2nc(OCCN3CCC(COCC(=O)N[C@H](C(=O)N4C[C@H](O)C[C@H]4C(=O)N[C@@H](C)c4ccc(-c5scnc5C)cc4)C(C)(C)C)CC3)nc3c(F)c(-c4cccc5cccc(C)c45)c(Cl)cc23)C[C@@H]1CC#N. The number of β-amino-alcohol motifs (C(OH)–C–C–N with tert-alkyl or cyclic N) is 1. The summed E-state index contributed by atoms with van der Waals surface area (Å²) >= 11 is 8.60. The molecule has 0 saturated carbocycles. The summed E-state index contributed by atoms with van der Waals surface area (Å²) in [5, 5.41) is 28.8. The predicted molar refractivity (Wildman–Crippen MR) is 312 cm³/mol.